The van der Waals surface area contributed by atoms with Gasteiger partial charge in [0.15, 0.2) is 0 Å². The van der Waals surface area contributed by atoms with Crippen LogP contribution in [0.5, 0.6) is 0 Å². The number of hydrogen-bond donors (Lipinski definition) is 0. The number of carbonyl (C=O) groups is 1. The third kappa shape index (κ3) is 3.18. The molecule has 0 fully saturated rings. The number of carbonyl (C=O) groups excluding carboxylic acids is 1. The summed E-state index contributed by atoms with van der Waals surface area (Å²) in [6, 6.07) is 13.6. The molecule has 0 N–H and O–H groups in total. The van der Waals surface area contributed by atoms with E-state index >= 15 is 0 Å². The molecule has 0 heterocycles. The fourth-order valence-electron chi connectivity index (χ4n) is 2.08. The van der Waals surface area contributed by atoms with Gasteiger partial charge in [-0.3, -0.25) is 4.79 Å². The Balaban J connectivity index is 2.34. The molecule has 0 spiro atoms. The van der Waals surface area contributed by atoms with Crippen LogP contribution in [-0.4, -0.2) is 5.78 Å². The van der Waals surface area contributed by atoms with E-state index < -0.39 is 11.7 Å². The van der Waals surface area contributed by atoms with Gasteiger partial charge in [-0.25, -0.2) is 0 Å². The summed E-state index contributed by atoms with van der Waals surface area (Å²) in [5.74, 6) is -4.69. The molecule has 0 aliphatic rings. The van der Waals surface area contributed by atoms with Gasteiger partial charge < -0.3 is 0 Å². The molecular weight excluding hydrogens is 270 g/mol. The van der Waals surface area contributed by atoms with Crippen LogP contribution in [-0.2, 0) is 11.3 Å². The Labute approximate surface area is 123 Å². The van der Waals surface area contributed by atoms with Crippen molar-refractivity contribution in [2.24, 2.45) is 0 Å². The zero-order chi connectivity index (χ0) is 15.7. The number of rotatable bonds is 3. The van der Waals surface area contributed by atoms with Crippen LogP contribution in [0.4, 0.5) is 8.78 Å². The second-order valence-corrected chi connectivity index (χ2v) is 6.10. The van der Waals surface area contributed by atoms with Crippen molar-refractivity contribution in [2.75, 3.05) is 0 Å². The highest BCUT2D eigenvalue weighted by atomic mass is 19.3. The van der Waals surface area contributed by atoms with Gasteiger partial charge in [0.25, 0.3) is 0 Å². The summed E-state index contributed by atoms with van der Waals surface area (Å²) in [4.78, 5) is 12.0. The first-order chi connectivity index (χ1) is 9.73. The van der Waals surface area contributed by atoms with Crippen LogP contribution in [0.1, 0.15) is 42.3 Å². The van der Waals surface area contributed by atoms with Gasteiger partial charge in [0.2, 0.25) is 5.78 Å². The van der Waals surface area contributed by atoms with Crippen LogP contribution in [0, 0.1) is 0 Å². The zero-order valence-corrected chi connectivity index (χ0v) is 12.4. The fourth-order valence-corrected chi connectivity index (χ4v) is 2.08. The maximum atomic E-state index is 14.3. The molecule has 0 saturated heterocycles. The highest BCUT2D eigenvalue weighted by Crippen LogP contribution is 2.33. The van der Waals surface area contributed by atoms with Crippen molar-refractivity contribution in [3.8, 4) is 0 Å². The van der Waals surface area contributed by atoms with Crippen LogP contribution in [0.2, 0.25) is 0 Å². The summed E-state index contributed by atoms with van der Waals surface area (Å²) < 4.78 is 28.6. The van der Waals surface area contributed by atoms with Crippen LogP contribution in [0.25, 0.3) is 0 Å². The number of halogens is 2. The third-order valence-corrected chi connectivity index (χ3v) is 3.43. The average Bonchev–Trinajstić information content (AvgIpc) is 2.46. The molecule has 0 radical (unpaired) electrons. The molecular formula is C18H18F2O. The standard InChI is InChI=1S/C18H18F2O/c1-17(2,3)14-9-11-15(12-10-14)18(19,20)16(21)13-7-5-4-6-8-13/h4-12H,1-3H3. The van der Waals surface area contributed by atoms with Crippen molar-refractivity contribution in [3.63, 3.8) is 0 Å². The summed E-state index contributed by atoms with van der Waals surface area (Å²) >= 11 is 0. The average molecular weight is 288 g/mol. The highest BCUT2D eigenvalue weighted by Gasteiger charge is 2.41. The molecule has 0 atom stereocenters. The van der Waals surface area contributed by atoms with Gasteiger partial charge in [-0.1, -0.05) is 75.4 Å². The van der Waals surface area contributed by atoms with E-state index in [0.717, 1.165) is 5.56 Å². The number of benzene rings is 2. The summed E-state index contributed by atoms with van der Waals surface area (Å²) in [7, 11) is 0. The fraction of sp³-hybridized carbons (Fsp3) is 0.278. The molecule has 0 unspecified atom stereocenters. The lowest BCUT2D eigenvalue weighted by molar-refractivity contribution is 0.00741. The smallest absolute Gasteiger partial charge is 0.287 e. The molecule has 21 heavy (non-hydrogen) atoms. The van der Waals surface area contributed by atoms with Crippen LogP contribution in [0.15, 0.2) is 54.6 Å². The Bertz CT molecular complexity index is 623. The lowest BCUT2D eigenvalue weighted by atomic mass is 9.86. The molecule has 2 rings (SSSR count). The van der Waals surface area contributed by atoms with Crippen molar-refractivity contribution in [1.82, 2.24) is 0 Å². The molecule has 0 bridgehead atoms. The topological polar surface area (TPSA) is 17.1 Å². The van der Waals surface area contributed by atoms with Crippen molar-refractivity contribution < 1.29 is 13.6 Å². The predicted molar refractivity (Wildman–Crippen MR) is 79.8 cm³/mol. The van der Waals surface area contributed by atoms with E-state index in [1.54, 1.807) is 30.3 Å². The first-order valence-electron chi connectivity index (χ1n) is 6.81. The molecule has 0 aromatic heterocycles. The largest absolute Gasteiger partial charge is 0.334 e. The summed E-state index contributed by atoms with van der Waals surface area (Å²) in [6.45, 7) is 6.03. The van der Waals surface area contributed by atoms with E-state index in [1.165, 1.54) is 24.3 Å². The summed E-state index contributed by atoms with van der Waals surface area (Å²) in [6.07, 6.45) is 0. The number of Topliss-reactive ketones (excluding diaryl/α,β-unsaturated/α-hetero) is 1. The van der Waals surface area contributed by atoms with Crippen LogP contribution in [0.3, 0.4) is 0 Å². The molecule has 2 aromatic carbocycles. The Morgan fingerprint density at radius 3 is 1.76 bits per heavy atom. The molecule has 0 amide bonds. The number of hydrogen-bond acceptors (Lipinski definition) is 1. The van der Waals surface area contributed by atoms with Crippen molar-refractivity contribution in [3.05, 3.63) is 71.3 Å². The van der Waals surface area contributed by atoms with Crippen LogP contribution >= 0.6 is 0 Å². The Hall–Kier alpha value is -2.03. The Kier molecular flexibility index (Phi) is 3.95. The molecule has 0 aliphatic carbocycles. The maximum Gasteiger partial charge on any atom is 0.334 e. The van der Waals surface area contributed by atoms with Gasteiger partial charge >= 0.3 is 5.92 Å². The summed E-state index contributed by atoms with van der Waals surface area (Å²) in [5.41, 5.74) is 0.581. The SMILES string of the molecule is CC(C)(C)c1ccc(C(F)(F)C(=O)c2ccccc2)cc1. The first kappa shape index (κ1) is 15.4. The first-order valence-corrected chi connectivity index (χ1v) is 6.81. The monoisotopic (exact) mass is 288 g/mol. The zero-order valence-electron chi connectivity index (χ0n) is 12.4. The van der Waals surface area contributed by atoms with E-state index in [1.807, 2.05) is 20.8 Å². The normalized spacial score (nSPS) is 12.2. The minimum absolute atomic E-state index is 0.0161. The van der Waals surface area contributed by atoms with E-state index in [-0.39, 0.29) is 16.5 Å². The Morgan fingerprint density at radius 1 is 0.810 bits per heavy atom. The van der Waals surface area contributed by atoms with Gasteiger partial charge in [0, 0.05) is 11.1 Å². The third-order valence-electron chi connectivity index (χ3n) is 3.43. The quantitative estimate of drug-likeness (QED) is 0.730. The van der Waals surface area contributed by atoms with Gasteiger partial charge in [0.05, 0.1) is 0 Å². The molecule has 0 saturated carbocycles. The molecule has 2 aromatic rings. The van der Waals surface area contributed by atoms with Gasteiger partial charge in [-0.15, -0.1) is 0 Å². The van der Waals surface area contributed by atoms with Crippen molar-refractivity contribution >= 4 is 5.78 Å². The van der Waals surface area contributed by atoms with Gasteiger partial charge in [-0.2, -0.15) is 8.78 Å². The van der Waals surface area contributed by atoms with E-state index in [2.05, 4.69) is 0 Å². The molecule has 0 aliphatic heterocycles. The Morgan fingerprint density at radius 2 is 1.29 bits per heavy atom. The van der Waals surface area contributed by atoms with E-state index in [4.69, 9.17) is 0 Å². The highest BCUT2D eigenvalue weighted by molar-refractivity contribution is 6.01. The second-order valence-electron chi connectivity index (χ2n) is 6.10. The predicted octanol–water partition coefficient (Wildman–Crippen LogP) is 4.96. The van der Waals surface area contributed by atoms with E-state index in [0.29, 0.717) is 0 Å². The second kappa shape index (κ2) is 5.40. The number of alkyl halides is 2. The minimum Gasteiger partial charge on any atom is -0.287 e. The van der Waals surface area contributed by atoms with Crippen molar-refractivity contribution in [1.29, 1.82) is 0 Å². The van der Waals surface area contributed by atoms with Crippen LogP contribution < -0.4 is 0 Å². The van der Waals surface area contributed by atoms with Gasteiger partial charge in [0.1, 0.15) is 0 Å². The minimum atomic E-state index is -3.52. The molecule has 110 valence electrons. The number of ketones is 1. The maximum absolute atomic E-state index is 14.3. The van der Waals surface area contributed by atoms with E-state index in [9.17, 15) is 13.6 Å². The lowest BCUT2D eigenvalue weighted by Crippen LogP contribution is -2.26. The van der Waals surface area contributed by atoms with Gasteiger partial charge in [-0.05, 0) is 11.0 Å². The lowest BCUT2D eigenvalue weighted by Gasteiger charge is -2.21. The molecule has 1 nitrogen and oxygen atoms in total. The summed E-state index contributed by atoms with van der Waals surface area (Å²) in [5, 5.41) is 0. The van der Waals surface area contributed by atoms with Crippen molar-refractivity contribution in [2.45, 2.75) is 32.1 Å². The molecule has 3 heteroatoms.